The molecule has 0 fully saturated rings. The van der Waals surface area contributed by atoms with Crippen molar-refractivity contribution in [2.24, 2.45) is 0 Å². The van der Waals surface area contributed by atoms with Crippen LogP contribution in [0.25, 0.3) is 11.3 Å². The van der Waals surface area contributed by atoms with Crippen molar-refractivity contribution in [1.29, 1.82) is 0 Å². The van der Waals surface area contributed by atoms with E-state index in [1.165, 1.54) is 0 Å². The zero-order valence-corrected chi connectivity index (χ0v) is 11.9. The maximum absolute atomic E-state index is 13.6. The second-order valence-electron chi connectivity index (χ2n) is 5.23. The third-order valence-electron chi connectivity index (χ3n) is 3.63. The molecule has 0 saturated carbocycles. The van der Waals surface area contributed by atoms with Crippen LogP contribution in [0.2, 0.25) is 5.02 Å². The molecule has 1 N–H and O–H groups in total. The number of fused-ring (bicyclic) bond motifs is 1. The highest BCUT2D eigenvalue weighted by Gasteiger charge is 2.53. The quantitative estimate of drug-likeness (QED) is 0.740. The lowest BCUT2D eigenvalue weighted by Crippen LogP contribution is -2.23. The molecule has 1 aromatic heterocycles. The highest BCUT2D eigenvalue weighted by Crippen LogP contribution is 2.49. The molecule has 3 rings (SSSR count). The molecule has 0 saturated heterocycles. The van der Waals surface area contributed by atoms with E-state index in [0.29, 0.717) is 10.6 Å². The minimum absolute atomic E-state index is 0.0864. The van der Waals surface area contributed by atoms with E-state index in [2.05, 4.69) is 0 Å². The first-order valence-corrected chi connectivity index (χ1v) is 6.71. The maximum atomic E-state index is 13.6. The summed E-state index contributed by atoms with van der Waals surface area (Å²) in [5.41, 5.74) is -2.68. The Balaban J connectivity index is 2.27. The van der Waals surface area contributed by atoms with Gasteiger partial charge < -0.3 is 9.67 Å². The summed E-state index contributed by atoms with van der Waals surface area (Å²) in [5, 5.41) is 9.46. The Morgan fingerprint density at radius 1 is 1.17 bits per heavy atom. The molecule has 2 aromatic rings. The molecule has 1 unspecified atom stereocenters. The third kappa shape index (κ3) is 2.59. The van der Waals surface area contributed by atoms with Gasteiger partial charge in [-0.2, -0.15) is 13.2 Å². The van der Waals surface area contributed by atoms with Gasteiger partial charge in [0.1, 0.15) is 5.82 Å². The van der Waals surface area contributed by atoms with Gasteiger partial charge in [0, 0.05) is 16.3 Å². The van der Waals surface area contributed by atoms with Gasteiger partial charge in [-0.1, -0.05) is 11.6 Å². The molecule has 23 heavy (non-hydrogen) atoms. The first-order valence-electron chi connectivity index (χ1n) is 6.33. The maximum Gasteiger partial charge on any atom is 0.418 e. The third-order valence-corrected chi connectivity index (χ3v) is 3.85. The highest BCUT2D eigenvalue weighted by molar-refractivity contribution is 6.30. The Morgan fingerprint density at radius 2 is 1.83 bits per heavy atom. The lowest BCUT2D eigenvalue weighted by molar-refractivity contribution is -0.142. The number of rotatable bonds is 1. The van der Waals surface area contributed by atoms with Crippen molar-refractivity contribution < 1.29 is 31.4 Å². The lowest BCUT2D eigenvalue weighted by Gasteiger charge is -2.14. The summed E-state index contributed by atoms with van der Waals surface area (Å²) in [4.78, 5) is 0. The standard InChI is InChI=1S/C14H8ClF6NO/c15-7-1-6(2-8(16)3-7)10-4-9(14(19,20)21)11-12(23)13(17,18)5-22(10)11/h1-4,12,23H,5H2. The van der Waals surface area contributed by atoms with Crippen LogP contribution >= 0.6 is 11.6 Å². The second-order valence-corrected chi connectivity index (χ2v) is 5.67. The Hall–Kier alpha value is -1.67. The molecule has 0 amide bonds. The van der Waals surface area contributed by atoms with Crippen molar-refractivity contribution in [3.63, 3.8) is 0 Å². The van der Waals surface area contributed by atoms with E-state index in [-0.39, 0.29) is 16.3 Å². The van der Waals surface area contributed by atoms with E-state index in [1.807, 2.05) is 0 Å². The topological polar surface area (TPSA) is 25.2 Å². The lowest BCUT2D eigenvalue weighted by atomic mass is 10.1. The summed E-state index contributed by atoms with van der Waals surface area (Å²) in [5.74, 6) is -4.57. The summed E-state index contributed by atoms with van der Waals surface area (Å²) in [6.45, 7) is -1.14. The van der Waals surface area contributed by atoms with Crippen molar-refractivity contribution in [3.05, 3.63) is 46.4 Å². The molecular formula is C14H8ClF6NO. The number of halogens is 7. The number of aliphatic hydroxyl groups excluding tert-OH is 1. The molecule has 1 aliphatic rings. The number of aliphatic hydroxyl groups is 1. The van der Waals surface area contributed by atoms with Crippen LogP contribution in [-0.2, 0) is 12.7 Å². The van der Waals surface area contributed by atoms with Crippen molar-refractivity contribution in [2.45, 2.75) is 24.7 Å². The summed E-state index contributed by atoms with van der Waals surface area (Å²) < 4.78 is 80.6. The molecule has 1 aromatic carbocycles. The van der Waals surface area contributed by atoms with E-state index in [0.717, 1.165) is 18.2 Å². The van der Waals surface area contributed by atoms with Gasteiger partial charge in [-0.3, -0.25) is 0 Å². The average molecular weight is 356 g/mol. The fraction of sp³-hybridized carbons (Fsp3) is 0.286. The minimum atomic E-state index is -4.94. The average Bonchev–Trinajstić information content (AvgIpc) is 2.84. The Bertz CT molecular complexity index is 762. The summed E-state index contributed by atoms with van der Waals surface area (Å²) in [6, 6.07) is 3.60. The first-order chi connectivity index (χ1) is 10.5. The predicted molar refractivity (Wildman–Crippen MR) is 69.7 cm³/mol. The van der Waals surface area contributed by atoms with Gasteiger partial charge in [0.05, 0.1) is 17.8 Å². The van der Waals surface area contributed by atoms with Gasteiger partial charge in [0.2, 0.25) is 0 Å². The van der Waals surface area contributed by atoms with Gasteiger partial charge in [-0.25, -0.2) is 13.2 Å². The molecule has 124 valence electrons. The van der Waals surface area contributed by atoms with Crippen LogP contribution in [0.3, 0.4) is 0 Å². The molecular weight excluding hydrogens is 348 g/mol. The second kappa shape index (κ2) is 4.91. The van der Waals surface area contributed by atoms with Gasteiger partial charge >= 0.3 is 6.18 Å². The zero-order valence-electron chi connectivity index (χ0n) is 11.1. The molecule has 1 aliphatic heterocycles. The van der Waals surface area contributed by atoms with E-state index in [9.17, 15) is 31.4 Å². The molecule has 0 radical (unpaired) electrons. The van der Waals surface area contributed by atoms with Crippen LogP contribution in [0.4, 0.5) is 26.3 Å². The van der Waals surface area contributed by atoms with Crippen molar-refractivity contribution >= 4 is 11.6 Å². The molecule has 9 heteroatoms. The van der Waals surface area contributed by atoms with Crippen LogP contribution in [-0.4, -0.2) is 15.6 Å². The highest BCUT2D eigenvalue weighted by atomic mass is 35.5. The minimum Gasteiger partial charge on any atom is -0.380 e. The number of hydrogen-bond donors (Lipinski definition) is 1. The molecule has 0 bridgehead atoms. The molecule has 1 atom stereocenters. The van der Waals surface area contributed by atoms with Crippen LogP contribution in [0.1, 0.15) is 17.4 Å². The number of hydrogen-bond acceptors (Lipinski definition) is 1. The van der Waals surface area contributed by atoms with Crippen molar-refractivity contribution in [3.8, 4) is 11.3 Å². The zero-order chi connectivity index (χ0) is 17.2. The SMILES string of the molecule is OC1c2c(C(F)(F)F)cc(-c3cc(F)cc(Cl)c3)n2CC1(F)F. The Kier molecular flexibility index (Phi) is 3.46. The monoisotopic (exact) mass is 355 g/mol. The fourth-order valence-electron chi connectivity index (χ4n) is 2.69. The van der Waals surface area contributed by atoms with Crippen molar-refractivity contribution in [1.82, 2.24) is 4.57 Å². The fourth-order valence-corrected chi connectivity index (χ4v) is 2.92. The van der Waals surface area contributed by atoms with Crippen LogP contribution in [0.15, 0.2) is 24.3 Å². The van der Waals surface area contributed by atoms with Crippen LogP contribution in [0.5, 0.6) is 0 Å². The van der Waals surface area contributed by atoms with E-state index in [1.54, 1.807) is 0 Å². The van der Waals surface area contributed by atoms with Gasteiger partial charge in [-0.05, 0) is 24.3 Å². The molecule has 0 aliphatic carbocycles. The Morgan fingerprint density at radius 3 is 2.39 bits per heavy atom. The normalized spacial score (nSPS) is 19.9. The van der Waals surface area contributed by atoms with Gasteiger partial charge in [-0.15, -0.1) is 0 Å². The van der Waals surface area contributed by atoms with Crippen LogP contribution in [0, 0.1) is 5.82 Å². The molecule has 2 heterocycles. The summed E-state index contributed by atoms with van der Waals surface area (Å²) >= 11 is 5.66. The van der Waals surface area contributed by atoms with Gasteiger partial charge in [0.25, 0.3) is 5.92 Å². The smallest absolute Gasteiger partial charge is 0.380 e. The Labute approximate surface area is 130 Å². The number of aromatic nitrogens is 1. The molecule has 0 spiro atoms. The number of nitrogens with zero attached hydrogens (tertiary/aromatic N) is 1. The van der Waals surface area contributed by atoms with E-state index < -0.39 is 41.8 Å². The van der Waals surface area contributed by atoms with Gasteiger partial charge in [0.15, 0.2) is 6.10 Å². The van der Waals surface area contributed by atoms with Crippen molar-refractivity contribution in [2.75, 3.05) is 0 Å². The molecule has 2 nitrogen and oxygen atoms in total. The first kappa shape index (κ1) is 16.2. The largest absolute Gasteiger partial charge is 0.418 e. The van der Waals surface area contributed by atoms with E-state index >= 15 is 0 Å². The van der Waals surface area contributed by atoms with E-state index in [4.69, 9.17) is 11.6 Å². The summed E-state index contributed by atoms with van der Waals surface area (Å²) in [6.07, 6.45) is -7.52. The summed E-state index contributed by atoms with van der Waals surface area (Å²) in [7, 11) is 0. The van der Waals surface area contributed by atoms with Crippen LogP contribution < -0.4 is 0 Å². The number of benzene rings is 1. The predicted octanol–water partition coefficient (Wildman–Crippen LogP) is 4.65. The number of alkyl halides is 5.